The van der Waals surface area contributed by atoms with Crippen LogP contribution in [0.1, 0.15) is 11.1 Å². The van der Waals surface area contributed by atoms with Gasteiger partial charge in [0.25, 0.3) is 0 Å². The van der Waals surface area contributed by atoms with Crippen LogP contribution in [0.15, 0.2) is 54.6 Å². The van der Waals surface area contributed by atoms with Gasteiger partial charge in [0.2, 0.25) is 0 Å². The van der Waals surface area contributed by atoms with Crippen molar-refractivity contribution in [2.45, 2.75) is 6.42 Å². The zero-order valence-electron chi connectivity index (χ0n) is 10.7. The van der Waals surface area contributed by atoms with Crippen molar-refractivity contribution in [2.24, 2.45) is 0 Å². The molecule has 4 heteroatoms. The summed E-state index contributed by atoms with van der Waals surface area (Å²) in [5.74, 6) is 0. The topological polar surface area (TPSA) is 35.9 Å². The Morgan fingerprint density at radius 3 is 2.37 bits per heavy atom. The molecular formula is C15H17IN2S. The standard InChI is InChI=1S/C15H16N2S.HI/c1-18-15(16)17-14-10-6-5-9-13(14)11-12-7-3-2-4-8-12;/h2-10H,11H2,1H3,(H2,16,17);1H. The van der Waals surface area contributed by atoms with Gasteiger partial charge >= 0.3 is 0 Å². The van der Waals surface area contributed by atoms with Crippen LogP contribution in [0.5, 0.6) is 0 Å². The van der Waals surface area contributed by atoms with Gasteiger partial charge < -0.3 is 5.32 Å². The van der Waals surface area contributed by atoms with E-state index in [1.165, 1.54) is 22.9 Å². The molecule has 0 atom stereocenters. The van der Waals surface area contributed by atoms with Crippen LogP contribution in [-0.4, -0.2) is 11.4 Å². The molecule has 2 rings (SSSR count). The van der Waals surface area contributed by atoms with Gasteiger partial charge in [-0.1, -0.05) is 60.3 Å². The molecule has 0 aliphatic carbocycles. The second kappa shape index (κ2) is 8.22. The van der Waals surface area contributed by atoms with Gasteiger partial charge in [0, 0.05) is 5.69 Å². The van der Waals surface area contributed by atoms with Gasteiger partial charge in [0.15, 0.2) is 5.17 Å². The Morgan fingerprint density at radius 2 is 1.68 bits per heavy atom. The monoisotopic (exact) mass is 384 g/mol. The summed E-state index contributed by atoms with van der Waals surface area (Å²) in [5.41, 5.74) is 3.51. The van der Waals surface area contributed by atoms with Crippen molar-refractivity contribution in [2.75, 3.05) is 11.6 Å². The van der Waals surface area contributed by atoms with Crippen molar-refractivity contribution in [3.8, 4) is 0 Å². The summed E-state index contributed by atoms with van der Waals surface area (Å²) in [7, 11) is 0. The highest BCUT2D eigenvalue weighted by molar-refractivity contribution is 14.0. The first-order valence-corrected chi connectivity index (χ1v) is 7.03. The third-order valence-electron chi connectivity index (χ3n) is 2.71. The van der Waals surface area contributed by atoms with E-state index in [1.807, 2.05) is 30.5 Å². The lowest BCUT2D eigenvalue weighted by Crippen LogP contribution is -2.07. The summed E-state index contributed by atoms with van der Waals surface area (Å²) >= 11 is 1.41. The van der Waals surface area contributed by atoms with Crippen LogP contribution in [0.2, 0.25) is 0 Å². The van der Waals surface area contributed by atoms with E-state index in [2.05, 4.69) is 35.6 Å². The molecule has 0 heterocycles. The number of rotatable bonds is 3. The highest BCUT2D eigenvalue weighted by atomic mass is 127. The highest BCUT2D eigenvalue weighted by Gasteiger charge is 2.04. The van der Waals surface area contributed by atoms with Crippen molar-refractivity contribution < 1.29 is 0 Å². The van der Waals surface area contributed by atoms with E-state index >= 15 is 0 Å². The van der Waals surface area contributed by atoms with Gasteiger partial charge in [0.05, 0.1) is 0 Å². The molecule has 0 amide bonds. The smallest absolute Gasteiger partial charge is 0.157 e. The van der Waals surface area contributed by atoms with Crippen LogP contribution in [0.4, 0.5) is 5.69 Å². The summed E-state index contributed by atoms with van der Waals surface area (Å²) in [6, 6.07) is 18.5. The van der Waals surface area contributed by atoms with Gasteiger partial charge in [-0.15, -0.1) is 24.0 Å². The van der Waals surface area contributed by atoms with Gasteiger partial charge in [-0.3, -0.25) is 5.41 Å². The average molecular weight is 384 g/mol. The van der Waals surface area contributed by atoms with Crippen molar-refractivity contribution in [3.63, 3.8) is 0 Å². The number of thioether (sulfide) groups is 1. The van der Waals surface area contributed by atoms with Crippen LogP contribution in [0, 0.1) is 5.41 Å². The number of anilines is 1. The molecule has 0 radical (unpaired) electrons. The van der Waals surface area contributed by atoms with Crippen LogP contribution in [0.3, 0.4) is 0 Å². The minimum atomic E-state index is 0. The third kappa shape index (κ3) is 4.87. The summed E-state index contributed by atoms with van der Waals surface area (Å²) in [6.07, 6.45) is 2.78. The Kier molecular flexibility index (Phi) is 6.94. The van der Waals surface area contributed by atoms with E-state index in [9.17, 15) is 0 Å². The van der Waals surface area contributed by atoms with E-state index < -0.39 is 0 Å². The van der Waals surface area contributed by atoms with E-state index in [1.54, 1.807) is 0 Å². The maximum atomic E-state index is 7.70. The molecule has 0 saturated carbocycles. The maximum absolute atomic E-state index is 7.70. The Balaban J connectivity index is 0.00000180. The summed E-state index contributed by atoms with van der Waals surface area (Å²) < 4.78 is 0. The fourth-order valence-electron chi connectivity index (χ4n) is 1.79. The number of hydrogen-bond acceptors (Lipinski definition) is 2. The molecule has 0 aliphatic rings. The Bertz CT molecular complexity index is 529. The minimum absolute atomic E-state index is 0. The highest BCUT2D eigenvalue weighted by Crippen LogP contribution is 2.19. The zero-order chi connectivity index (χ0) is 12.8. The molecule has 2 aromatic carbocycles. The number of halogens is 1. The number of nitrogens with one attached hydrogen (secondary N) is 2. The molecule has 0 spiro atoms. The fraction of sp³-hybridized carbons (Fsp3) is 0.133. The first-order valence-electron chi connectivity index (χ1n) is 5.81. The lowest BCUT2D eigenvalue weighted by atomic mass is 10.0. The second-order valence-corrected chi connectivity index (χ2v) is 4.79. The third-order valence-corrected chi connectivity index (χ3v) is 3.22. The fourth-order valence-corrected chi connectivity index (χ4v) is 2.00. The van der Waals surface area contributed by atoms with Crippen molar-refractivity contribution in [1.82, 2.24) is 0 Å². The average Bonchev–Trinajstić information content (AvgIpc) is 2.42. The van der Waals surface area contributed by atoms with Gasteiger partial charge in [-0.2, -0.15) is 0 Å². The van der Waals surface area contributed by atoms with Crippen molar-refractivity contribution >= 4 is 46.6 Å². The largest absolute Gasteiger partial charge is 0.335 e. The molecular weight excluding hydrogens is 367 g/mol. The van der Waals surface area contributed by atoms with Crippen molar-refractivity contribution in [1.29, 1.82) is 5.41 Å². The lowest BCUT2D eigenvalue weighted by molar-refractivity contribution is 1.19. The van der Waals surface area contributed by atoms with Gasteiger partial charge in [0.1, 0.15) is 0 Å². The second-order valence-electron chi connectivity index (χ2n) is 3.98. The molecule has 0 fully saturated rings. The Labute approximate surface area is 135 Å². The maximum Gasteiger partial charge on any atom is 0.157 e. The van der Waals surface area contributed by atoms with Crippen LogP contribution < -0.4 is 5.32 Å². The SMILES string of the molecule is CSC(=N)Nc1ccccc1Cc1ccccc1.I. The summed E-state index contributed by atoms with van der Waals surface area (Å²) in [6.45, 7) is 0. The first kappa shape index (κ1) is 16.0. The Hall–Kier alpha value is -1.01. The number of benzene rings is 2. The van der Waals surface area contributed by atoms with E-state index in [0.717, 1.165) is 12.1 Å². The molecule has 2 aromatic rings. The molecule has 0 saturated heterocycles. The summed E-state index contributed by atoms with van der Waals surface area (Å²) in [4.78, 5) is 0. The Morgan fingerprint density at radius 1 is 1.05 bits per heavy atom. The van der Waals surface area contributed by atoms with Crippen LogP contribution in [0.25, 0.3) is 0 Å². The van der Waals surface area contributed by atoms with Crippen LogP contribution in [-0.2, 0) is 6.42 Å². The van der Waals surface area contributed by atoms with E-state index in [-0.39, 0.29) is 24.0 Å². The van der Waals surface area contributed by atoms with Crippen molar-refractivity contribution in [3.05, 3.63) is 65.7 Å². The molecule has 100 valence electrons. The van der Waals surface area contributed by atoms with Crippen LogP contribution >= 0.6 is 35.7 Å². The quantitative estimate of drug-likeness (QED) is 0.461. The zero-order valence-corrected chi connectivity index (χ0v) is 13.9. The predicted octanol–water partition coefficient (Wildman–Crippen LogP) is 4.61. The number of hydrogen-bond donors (Lipinski definition) is 2. The number of para-hydroxylation sites is 1. The predicted molar refractivity (Wildman–Crippen MR) is 96.0 cm³/mol. The molecule has 0 aromatic heterocycles. The molecule has 19 heavy (non-hydrogen) atoms. The molecule has 0 unspecified atom stereocenters. The van der Waals surface area contributed by atoms with E-state index in [4.69, 9.17) is 5.41 Å². The molecule has 0 aliphatic heterocycles. The molecule has 2 nitrogen and oxygen atoms in total. The lowest BCUT2D eigenvalue weighted by Gasteiger charge is -2.11. The molecule has 0 bridgehead atoms. The number of amidine groups is 1. The van der Waals surface area contributed by atoms with E-state index in [0.29, 0.717) is 5.17 Å². The minimum Gasteiger partial charge on any atom is -0.335 e. The molecule has 2 N–H and O–H groups in total. The van der Waals surface area contributed by atoms with Gasteiger partial charge in [-0.25, -0.2) is 0 Å². The summed E-state index contributed by atoms with van der Waals surface area (Å²) in [5, 5.41) is 11.3. The first-order chi connectivity index (χ1) is 8.79. The van der Waals surface area contributed by atoms with Gasteiger partial charge in [-0.05, 0) is 29.9 Å². The normalized spacial score (nSPS) is 9.53.